The maximum atomic E-state index is 9.59. The lowest BCUT2D eigenvalue weighted by molar-refractivity contribution is -0.138. The maximum Gasteiger partial charge on any atom is 0.403 e. The van der Waals surface area contributed by atoms with Gasteiger partial charge in [-0.25, -0.2) is 19.2 Å². The van der Waals surface area contributed by atoms with Crippen LogP contribution in [0, 0.1) is 0 Å². The van der Waals surface area contributed by atoms with Crippen LogP contribution in [0.4, 0.5) is 19.2 Å². The Labute approximate surface area is 252 Å². The van der Waals surface area contributed by atoms with E-state index in [2.05, 4.69) is 84.3 Å². The second-order valence-electron chi connectivity index (χ2n) is 4.55. The summed E-state index contributed by atoms with van der Waals surface area (Å²) in [5.74, 6) is -0.981. The van der Waals surface area contributed by atoms with Gasteiger partial charge >= 0.3 is 45.6 Å². The lowest BCUT2D eigenvalue weighted by atomic mass is 10.8. The summed E-state index contributed by atoms with van der Waals surface area (Å²) in [6.07, 6.45) is 0. The van der Waals surface area contributed by atoms with Crippen molar-refractivity contribution in [2.24, 2.45) is 0 Å². The number of halogens is 4. The van der Waals surface area contributed by atoms with Gasteiger partial charge in [0.05, 0.1) is 56.9 Å². The predicted octanol–water partition coefficient (Wildman–Crippen LogP) is 4.68. The van der Waals surface area contributed by atoms with Gasteiger partial charge in [-0.3, -0.25) is 19.2 Å². The Kier molecular flexibility index (Phi) is 74.6. The summed E-state index contributed by atoms with van der Waals surface area (Å²) in [5, 5.41) is 0. The molecule has 0 rings (SSSR count). The fourth-order valence-corrected chi connectivity index (χ4v) is 0. The van der Waals surface area contributed by atoms with E-state index in [1.165, 1.54) is 84.6 Å². The third kappa shape index (κ3) is 241. The van der Waals surface area contributed by atoms with Gasteiger partial charge in [0.15, 0.2) is 0 Å². The van der Waals surface area contributed by atoms with E-state index in [1.54, 1.807) is 0 Å². The summed E-state index contributed by atoms with van der Waals surface area (Å²) in [7, 11) is 10.3. The van der Waals surface area contributed by atoms with Crippen molar-refractivity contribution in [2.45, 2.75) is 27.7 Å². The van der Waals surface area contributed by atoms with E-state index in [4.69, 9.17) is 0 Å². The SMILES string of the molecule is COC(=O)Cl.COC(=O)Cl.COC(=O)Cl.COC(=O)Cl.COC(C)=O.COC(C)=O.COC(C)=O.COC(C)=O. The van der Waals surface area contributed by atoms with E-state index < -0.39 is 21.7 Å². The first-order chi connectivity index (χ1) is 18.2. The van der Waals surface area contributed by atoms with Crippen molar-refractivity contribution in [1.82, 2.24) is 0 Å². The molecule has 16 nitrogen and oxygen atoms in total. The van der Waals surface area contributed by atoms with Gasteiger partial charge in [0.25, 0.3) is 0 Å². The van der Waals surface area contributed by atoms with Gasteiger partial charge in [-0.2, -0.15) is 0 Å². The highest BCUT2D eigenvalue weighted by atomic mass is 35.5. The van der Waals surface area contributed by atoms with Crippen LogP contribution < -0.4 is 0 Å². The zero-order chi connectivity index (χ0) is 34.3. The second kappa shape index (κ2) is 52.4. The van der Waals surface area contributed by atoms with Gasteiger partial charge in [-0.15, -0.1) is 0 Å². The monoisotopic (exact) mass is 672 g/mol. The molecule has 0 spiro atoms. The Hall–Kier alpha value is -3.08. The Morgan fingerprint density at radius 2 is 0.350 bits per heavy atom. The largest absolute Gasteiger partial charge is 0.469 e. The Morgan fingerprint density at radius 3 is 0.350 bits per heavy atom. The van der Waals surface area contributed by atoms with Crippen molar-refractivity contribution in [3.63, 3.8) is 0 Å². The van der Waals surface area contributed by atoms with E-state index in [-0.39, 0.29) is 23.9 Å². The van der Waals surface area contributed by atoms with Gasteiger partial charge in [0.1, 0.15) is 0 Å². The smallest absolute Gasteiger partial charge is 0.403 e. The zero-order valence-corrected chi connectivity index (χ0v) is 27.1. The van der Waals surface area contributed by atoms with Crippen LogP contribution in [0.3, 0.4) is 0 Å². The number of methoxy groups -OCH3 is 8. The molecule has 0 aromatic heterocycles. The van der Waals surface area contributed by atoms with Gasteiger partial charge < -0.3 is 37.9 Å². The quantitative estimate of drug-likeness (QED) is 0.194. The number of esters is 4. The van der Waals surface area contributed by atoms with Crippen LogP contribution in [0.25, 0.3) is 0 Å². The van der Waals surface area contributed by atoms with E-state index in [1.807, 2.05) is 0 Å². The van der Waals surface area contributed by atoms with Crippen LogP contribution in [-0.4, -0.2) is 102 Å². The van der Waals surface area contributed by atoms with Gasteiger partial charge in [-0.1, -0.05) is 0 Å². The second-order valence-corrected chi connectivity index (χ2v) is 5.78. The average Bonchev–Trinajstić information content (AvgIpc) is 2.90. The number of hydrogen-bond acceptors (Lipinski definition) is 16. The lowest BCUT2D eigenvalue weighted by Crippen LogP contribution is -1.88. The minimum atomic E-state index is -0.773. The molecule has 0 amide bonds. The maximum absolute atomic E-state index is 9.59. The number of rotatable bonds is 0. The third-order valence-electron chi connectivity index (χ3n) is 1.79. The molecule has 0 bridgehead atoms. The molecule has 0 unspecified atom stereocenters. The molecule has 0 aliphatic carbocycles. The molecule has 0 saturated carbocycles. The number of hydrogen-bond donors (Lipinski definition) is 0. The molecule has 20 heteroatoms. The summed E-state index contributed by atoms with van der Waals surface area (Å²) >= 11 is 18.4. The van der Waals surface area contributed by atoms with E-state index in [0.717, 1.165) is 0 Å². The fraction of sp³-hybridized carbons (Fsp3) is 0.600. The minimum absolute atomic E-state index is 0.245. The van der Waals surface area contributed by atoms with Crippen molar-refractivity contribution in [2.75, 3.05) is 56.9 Å². The van der Waals surface area contributed by atoms with Gasteiger partial charge in [0, 0.05) is 74.1 Å². The predicted molar refractivity (Wildman–Crippen MR) is 144 cm³/mol. The molecule has 240 valence electrons. The van der Waals surface area contributed by atoms with Crippen LogP contribution in [0.1, 0.15) is 27.7 Å². The van der Waals surface area contributed by atoms with Crippen LogP contribution in [0.15, 0.2) is 0 Å². The first kappa shape index (κ1) is 57.0. The minimum Gasteiger partial charge on any atom is -0.469 e. The fourth-order valence-electron chi connectivity index (χ4n) is 0. The van der Waals surface area contributed by atoms with Gasteiger partial charge in [-0.05, 0) is 0 Å². The lowest BCUT2D eigenvalue weighted by Gasteiger charge is -1.80. The summed E-state index contributed by atoms with van der Waals surface area (Å²) in [4.78, 5) is 75.8. The summed E-state index contributed by atoms with van der Waals surface area (Å²) < 4.78 is 32.0. The average molecular weight is 674 g/mol. The zero-order valence-electron chi connectivity index (χ0n) is 24.0. The standard InChI is InChI=1S/4C3H6O2.4C2H3ClO2/c4*1-3(4)5-2;4*1-5-2(3)4/h4*1-2H3;4*1H3. The topological polar surface area (TPSA) is 210 Å². The molecular weight excluding hydrogens is 638 g/mol. The van der Waals surface area contributed by atoms with Crippen LogP contribution in [0.2, 0.25) is 0 Å². The van der Waals surface area contributed by atoms with Crippen LogP contribution in [0.5, 0.6) is 0 Å². The molecular formula is C20H36Cl4O16. The number of ether oxygens (including phenoxy) is 8. The van der Waals surface area contributed by atoms with Crippen LogP contribution in [-0.2, 0) is 57.1 Å². The molecule has 0 aromatic rings. The molecule has 0 N–H and O–H groups in total. The molecule has 0 heterocycles. The third-order valence-corrected chi connectivity index (χ3v) is 2.41. The molecule has 0 aliphatic rings. The molecule has 0 saturated heterocycles. The highest BCUT2D eigenvalue weighted by molar-refractivity contribution is 6.61. The Morgan fingerprint density at radius 1 is 0.300 bits per heavy atom. The molecule has 40 heavy (non-hydrogen) atoms. The molecule has 0 atom stereocenters. The van der Waals surface area contributed by atoms with Gasteiger partial charge in [0.2, 0.25) is 0 Å². The number of carbonyl (C=O) groups excluding carboxylic acids is 8. The Balaban J connectivity index is -0.0000000488. The molecule has 0 radical (unpaired) electrons. The van der Waals surface area contributed by atoms with Crippen molar-refractivity contribution in [3.8, 4) is 0 Å². The first-order valence-corrected chi connectivity index (χ1v) is 10.8. The van der Waals surface area contributed by atoms with Crippen molar-refractivity contribution >= 4 is 92.0 Å². The molecule has 0 aliphatic heterocycles. The summed E-state index contributed by atoms with van der Waals surface area (Å²) in [5.41, 5.74) is -3.09. The van der Waals surface area contributed by atoms with Crippen molar-refractivity contribution < 1.29 is 76.3 Å². The van der Waals surface area contributed by atoms with E-state index >= 15 is 0 Å². The molecule has 0 fully saturated rings. The first-order valence-electron chi connectivity index (χ1n) is 9.29. The highest BCUT2D eigenvalue weighted by Crippen LogP contribution is 1.79. The van der Waals surface area contributed by atoms with E-state index in [0.29, 0.717) is 0 Å². The van der Waals surface area contributed by atoms with E-state index in [9.17, 15) is 38.4 Å². The normalized spacial score (nSPS) is 6.80. The van der Waals surface area contributed by atoms with Crippen molar-refractivity contribution in [1.29, 1.82) is 0 Å². The summed E-state index contributed by atoms with van der Waals surface area (Å²) in [6.45, 7) is 5.44. The summed E-state index contributed by atoms with van der Waals surface area (Å²) in [6, 6.07) is 0. The number of carbonyl (C=O) groups is 8. The molecule has 0 aromatic carbocycles. The van der Waals surface area contributed by atoms with Crippen molar-refractivity contribution in [3.05, 3.63) is 0 Å². The Bertz CT molecular complexity index is 505. The van der Waals surface area contributed by atoms with Crippen LogP contribution >= 0.6 is 46.4 Å². The highest BCUT2D eigenvalue weighted by Gasteiger charge is 1.82.